The fourth-order valence-electron chi connectivity index (χ4n) is 3.20. The molecule has 2 aromatic rings. The summed E-state index contributed by atoms with van der Waals surface area (Å²) >= 11 is 1.65. The normalized spacial score (nSPS) is 17.6. The molecule has 1 saturated carbocycles. The van der Waals surface area contributed by atoms with Crippen LogP contribution in [0.3, 0.4) is 0 Å². The first-order valence-electron chi connectivity index (χ1n) is 8.66. The average Bonchev–Trinajstić information content (AvgIpc) is 3.32. The van der Waals surface area contributed by atoms with Crippen LogP contribution in [-0.2, 0) is 24.3 Å². The summed E-state index contributed by atoms with van der Waals surface area (Å²) in [6.07, 6.45) is 3.02. The van der Waals surface area contributed by atoms with Gasteiger partial charge in [0.25, 0.3) is 0 Å². The molecule has 24 heavy (non-hydrogen) atoms. The molecule has 1 aliphatic carbocycles. The first kappa shape index (κ1) is 15.8. The fraction of sp³-hybridized carbons (Fsp3) is 0.474. The van der Waals surface area contributed by atoms with Gasteiger partial charge in [0.1, 0.15) is 0 Å². The molecule has 4 nitrogen and oxygen atoms in total. The van der Waals surface area contributed by atoms with Gasteiger partial charge in [0, 0.05) is 36.9 Å². The molecule has 1 aliphatic heterocycles. The summed E-state index contributed by atoms with van der Waals surface area (Å²) in [5, 5.41) is 3.77. The number of nitrogens with one attached hydrogen (secondary N) is 1. The van der Waals surface area contributed by atoms with Crippen LogP contribution >= 0.6 is 11.3 Å². The Hall–Kier alpha value is -1.72. The van der Waals surface area contributed by atoms with E-state index >= 15 is 0 Å². The number of carbonyl (C=O) groups excluding carboxylic acids is 1. The summed E-state index contributed by atoms with van der Waals surface area (Å²) < 4.78 is 0. The third kappa shape index (κ3) is 3.37. The van der Waals surface area contributed by atoms with Crippen molar-refractivity contribution in [3.63, 3.8) is 0 Å². The molecule has 0 saturated heterocycles. The Labute approximate surface area is 146 Å². The van der Waals surface area contributed by atoms with E-state index in [-0.39, 0.29) is 11.8 Å². The van der Waals surface area contributed by atoms with Crippen molar-refractivity contribution in [2.75, 3.05) is 11.9 Å². The third-order valence-corrected chi connectivity index (χ3v) is 5.88. The Bertz CT molecular complexity index is 779. The third-order valence-electron chi connectivity index (χ3n) is 4.89. The van der Waals surface area contributed by atoms with Gasteiger partial charge in [-0.2, -0.15) is 0 Å². The zero-order chi connectivity index (χ0) is 16.7. The number of amides is 1. The molecule has 4 rings (SSSR count). The molecule has 0 atom stereocenters. The first-order chi connectivity index (χ1) is 11.6. The van der Waals surface area contributed by atoms with Crippen LogP contribution in [0.25, 0.3) is 0 Å². The van der Waals surface area contributed by atoms with E-state index in [1.807, 2.05) is 0 Å². The van der Waals surface area contributed by atoms with Crippen LogP contribution in [0, 0.1) is 19.8 Å². The summed E-state index contributed by atoms with van der Waals surface area (Å²) in [5.74, 6) is 0.375. The number of anilines is 1. The number of benzene rings is 1. The molecular weight excluding hydrogens is 318 g/mol. The van der Waals surface area contributed by atoms with Crippen LogP contribution in [0.4, 0.5) is 5.13 Å². The zero-order valence-electron chi connectivity index (χ0n) is 14.3. The summed E-state index contributed by atoms with van der Waals surface area (Å²) in [5.41, 5.74) is 5.25. The first-order valence-corrected chi connectivity index (χ1v) is 9.48. The Balaban J connectivity index is 1.44. The highest BCUT2D eigenvalue weighted by atomic mass is 32.1. The van der Waals surface area contributed by atoms with Crippen LogP contribution in [0.5, 0.6) is 0 Å². The van der Waals surface area contributed by atoms with Gasteiger partial charge < -0.3 is 5.32 Å². The fourth-order valence-corrected chi connectivity index (χ4v) is 4.25. The number of nitrogens with zero attached hydrogens (tertiary/aromatic N) is 2. The standard InChI is InChI=1S/C19H23N3OS/c1-12-3-4-13(2)15(9-12)10-22-8-7-16-17(11-22)24-19(20-16)21-18(23)14-5-6-14/h3-4,9,14H,5-8,10-11H2,1-2H3,(H,20,21,23). The molecule has 1 aromatic heterocycles. The quantitative estimate of drug-likeness (QED) is 0.923. The lowest BCUT2D eigenvalue weighted by Gasteiger charge is -2.26. The van der Waals surface area contributed by atoms with E-state index in [9.17, 15) is 4.79 Å². The maximum Gasteiger partial charge on any atom is 0.229 e. The molecule has 1 fully saturated rings. The van der Waals surface area contributed by atoms with Gasteiger partial charge in [0.15, 0.2) is 5.13 Å². The van der Waals surface area contributed by atoms with Crippen molar-refractivity contribution in [3.05, 3.63) is 45.5 Å². The minimum atomic E-state index is 0.147. The van der Waals surface area contributed by atoms with Crippen LogP contribution in [0.2, 0.25) is 0 Å². The largest absolute Gasteiger partial charge is 0.302 e. The molecule has 2 heterocycles. The maximum absolute atomic E-state index is 11.9. The van der Waals surface area contributed by atoms with Gasteiger partial charge in [-0.1, -0.05) is 23.8 Å². The number of aryl methyl sites for hydroxylation is 2. The Morgan fingerprint density at radius 2 is 2.21 bits per heavy atom. The maximum atomic E-state index is 11.9. The van der Waals surface area contributed by atoms with Crippen molar-refractivity contribution >= 4 is 22.4 Å². The number of rotatable bonds is 4. The number of hydrogen-bond donors (Lipinski definition) is 1. The lowest BCUT2D eigenvalue weighted by Crippen LogP contribution is -2.29. The summed E-state index contributed by atoms with van der Waals surface area (Å²) in [4.78, 5) is 20.3. The number of fused-ring (bicyclic) bond motifs is 1. The summed E-state index contributed by atoms with van der Waals surface area (Å²) in [6, 6.07) is 6.67. The molecule has 1 amide bonds. The van der Waals surface area contributed by atoms with Gasteiger partial charge in [-0.3, -0.25) is 9.69 Å². The van der Waals surface area contributed by atoms with E-state index in [1.165, 1.54) is 27.3 Å². The molecule has 0 radical (unpaired) electrons. The van der Waals surface area contributed by atoms with Gasteiger partial charge in [-0.05, 0) is 37.8 Å². The van der Waals surface area contributed by atoms with E-state index in [0.717, 1.165) is 44.0 Å². The minimum absolute atomic E-state index is 0.147. The van der Waals surface area contributed by atoms with Crippen LogP contribution in [0.1, 0.15) is 40.1 Å². The lowest BCUT2D eigenvalue weighted by atomic mass is 10.0. The van der Waals surface area contributed by atoms with E-state index in [1.54, 1.807) is 11.3 Å². The van der Waals surface area contributed by atoms with E-state index in [2.05, 4.69) is 47.2 Å². The minimum Gasteiger partial charge on any atom is -0.302 e. The van der Waals surface area contributed by atoms with Crippen molar-refractivity contribution < 1.29 is 4.79 Å². The molecule has 0 bridgehead atoms. The molecule has 126 valence electrons. The van der Waals surface area contributed by atoms with E-state index in [4.69, 9.17) is 0 Å². The van der Waals surface area contributed by atoms with Crippen LogP contribution < -0.4 is 5.32 Å². The van der Waals surface area contributed by atoms with Gasteiger partial charge in [0.05, 0.1) is 5.69 Å². The van der Waals surface area contributed by atoms with Crippen molar-refractivity contribution in [3.8, 4) is 0 Å². The van der Waals surface area contributed by atoms with Gasteiger partial charge in [0.2, 0.25) is 5.91 Å². The molecule has 5 heteroatoms. The number of thiazole rings is 1. The average molecular weight is 341 g/mol. The monoisotopic (exact) mass is 341 g/mol. The second-order valence-corrected chi connectivity index (χ2v) is 8.13. The molecule has 0 spiro atoms. The highest BCUT2D eigenvalue weighted by Crippen LogP contribution is 2.33. The van der Waals surface area contributed by atoms with Crippen LogP contribution in [-0.4, -0.2) is 22.3 Å². The predicted molar refractivity (Wildman–Crippen MR) is 97.2 cm³/mol. The lowest BCUT2D eigenvalue weighted by molar-refractivity contribution is -0.117. The van der Waals surface area contributed by atoms with E-state index < -0.39 is 0 Å². The zero-order valence-corrected chi connectivity index (χ0v) is 15.1. The van der Waals surface area contributed by atoms with Gasteiger partial charge in [-0.15, -0.1) is 11.3 Å². The molecule has 0 unspecified atom stereocenters. The van der Waals surface area contributed by atoms with Crippen molar-refractivity contribution in [1.29, 1.82) is 0 Å². The van der Waals surface area contributed by atoms with Crippen molar-refractivity contribution in [1.82, 2.24) is 9.88 Å². The highest BCUT2D eigenvalue weighted by molar-refractivity contribution is 7.15. The van der Waals surface area contributed by atoms with E-state index in [0.29, 0.717) is 0 Å². The Kier molecular flexibility index (Phi) is 4.14. The molecule has 1 N–H and O–H groups in total. The predicted octanol–water partition coefficient (Wildman–Crippen LogP) is 3.67. The van der Waals surface area contributed by atoms with Gasteiger partial charge in [-0.25, -0.2) is 4.98 Å². The van der Waals surface area contributed by atoms with Crippen molar-refractivity contribution in [2.45, 2.75) is 46.2 Å². The second kappa shape index (κ2) is 6.30. The Morgan fingerprint density at radius 1 is 1.38 bits per heavy atom. The Morgan fingerprint density at radius 3 is 3.00 bits per heavy atom. The summed E-state index contributed by atoms with van der Waals surface area (Å²) in [6.45, 7) is 7.27. The topological polar surface area (TPSA) is 45.2 Å². The molecular formula is C19H23N3OS. The SMILES string of the molecule is Cc1ccc(C)c(CN2CCc3nc(NC(=O)C4CC4)sc3C2)c1. The summed E-state index contributed by atoms with van der Waals surface area (Å²) in [7, 11) is 0. The highest BCUT2D eigenvalue weighted by Gasteiger charge is 2.30. The molecule has 2 aliphatic rings. The second-order valence-electron chi connectivity index (χ2n) is 7.04. The smallest absolute Gasteiger partial charge is 0.229 e. The van der Waals surface area contributed by atoms with Crippen LogP contribution in [0.15, 0.2) is 18.2 Å². The number of carbonyl (C=O) groups is 1. The molecule has 1 aromatic carbocycles. The van der Waals surface area contributed by atoms with Gasteiger partial charge >= 0.3 is 0 Å². The number of hydrogen-bond acceptors (Lipinski definition) is 4. The van der Waals surface area contributed by atoms with Crippen molar-refractivity contribution in [2.24, 2.45) is 5.92 Å². The number of aromatic nitrogens is 1.